The van der Waals surface area contributed by atoms with Crippen LogP contribution in [0, 0.1) is 6.92 Å². The molecule has 1 saturated heterocycles. The van der Waals surface area contributed by atoms with Gasteiger partial charge in [-0.15, -0.1) is 11.3 Å². The van der Waals surface area contributed by atoms with Gasteiger partial charge in [-0.3, -0.25) is 4.90 Å². The van der Waals surface area contributed by atoms with Gasteiger partial charge in [-0.05, 0) is 13.8 Å². The van der Waals surface area contributed by atoms with Gasteiger partial charge in [0.15, 0.2) is 0 Å². The second-order valence-electron chi connectivity index (χ2n) is 5.28. The number of aromatic nitrogens is 1. The fraction of sp³-hybridized carbons (Fsp3) is 0.438. The van der Waals surface area contributed by atoms with Crippen molar-refractivity contribution >= 4 is 11.3 Å². The zero-order valence-electron chi connectivity index (χ0n) is 12.1. The molecule has 1 fully saturated rings. The highest BCUT2D eigenvalue weighted by atomic mass is 32.1. The quantitative estimate of drug-likeness (QED) is 0.940. The Kier molecular flexibility index (Phi) is 4.15. The second-order valence-corrected chi connectivity index (χ2v) is 6.52. The zero-order valence-corrected chi connectivity index (χ0v) is 12.9. The van der Waals surface area contributed by atoms with Crippen LogP contribution >= 0.6 is 11.3 Å². The Balaban J connectivity index is 1.85. The van der Waals surface area contributed by atoms with Crippen LogP contribution in [0.2, 0.25) is 0 Å². The maximum Gasteiger partial charge on any atom is 0.110 e. The highest BCUT2D eigenvalue weighted by molar-refractivity contribution is 7.12. The molecule has 1 N–H and O–H groups in total. The first-order chi connectivity index (χ1) is 9.75. The molecule has 1 aromatic heterocycles. The molecule has 106 valence electrons. The highest BCUT2D eigenvalue weighted by Gasteiger charge is 2.22. The molecule has 1 aliphatic heterocycles. The number of hydrogen-bond donors (Lipinski definition) is 1. The molecule has 0 spiro atoms. The van der Waals surface area contributed by atoms with E-state index in [1.54, 1.807) is 0 Å². The summed E-state index contributed by atoms with van der Waals surface area (Å²) >= 11 is 1.84. The van der Waals surface area contributed by atoms with Gasteiger partial charge in [0.2, 0.25) is 0 Å². The lowest BCUT2D eigenvalue weighted by Crippen LogP contribution is -2.44. The molecule has 20 heavy (non-hydrogen) atoms. The smallest absolute Gasteiger partial charge is 0.110 e. The molecular weight excluding hydrogens is 266 g/mol. The van der Waals surface area contributed by atoms with Crippen molar-refractivity contribution in [1.82, 2.24) is 15.2 Å². The summed E-state index contributed by atoms with van der Waals surface area (Å²) in [5, 5.41) is 4.64. The monoisotopic (exact) mass is 287 g/mol. The van der Waals surface area contributed by atoms with Crippen LogP contribution in [0.25, 0.3) is 11.3 Å². The van der Waals surface area contributed by atoms with Crippen molar-refractivity contribution in [3.05, 3.63) is 40.2 Å². The van der Waals surface area contributed by atoms with Gasteiger partial charge < -0.3 is 5.32 Å². The normalized spacial score (nSPS) is 18.1. The van der Waals surface area contributed by atoms with Crippen LogP contribution in [0.3, 0.4) is 0 Å². The van der Waals surface area contributed by atoms with Crippen LogP contribution in [0.4, 0.5) is 0 Å². The summed E-state index contributed by atoms with van der Waals surface area (Å²) in [5.74, 6) is 0. The molecule has 4 heteroatoms. The van der Waals surface area contributed by atoms with E-state index in [-0.39, 0.29) is 0 Å². The van der Waals surface area contributed by atoms with Crippen molar-refractivity contribution in [2.24, 2.45) is 0 Å². The minimum absolute atomic E-state index is 0.415. The molecule has 2 heterocycles. The Hall–Kier alpha value is -1.23. The topological polar surface area (TPSA) is 28.2 Å². The molecule has 0 aliphatic carbocycles. The maximum atomic E-state index is 4.91. The average molecular weight is 287 g/mol. The Labute approximate surface area is 124 Å². The van der Waals surface area contributed by atoms with Crippen LogP contribution in [0.15, 0.2) is 30.3 Å². The van der Waals surface area contributed by atoms with E-state index in [1.165, 1.54) is 15.4 Å². The van der Waals surface area contributed by atoms with Crippen molar-refractivity contribution in [1.29, 1.82) is 0 Å². The number of piperazine rings is 1. The van der Waals surface area contributed by atoms with Crippen LogP contribution < -0.4 is 5.32 Å². The van der Waals surface area contributed by atoms with Gasteiger partial charge in [0.05, 0.1) is 11.7 Å². The summed E-state index contributed by atoms with van der Waals surface area (Å²) in [5.41, 5.74) is 2.37. The second kappa shape index (κ2) is 6.04. The minimum atomic E-state index is 0.415. The van der Waals surface area contributed by atoms with Gasteiger partial charge in [0, 0.05) is 36.6 Å². The summed E-state index contributed by atoms with van der Waals surface area (Å²) in [6.45, 7) is 8.84. The Morgan fingerprint density at radius 3 is 2.60 bits per heavy atom. The molecule has 0 saturated carbocycles. The van der Waals surface area contributed by atoms with Gasteiger partial charge in [0.25, 0.3) is 0 Å². The first kappa shape index (κ1) is 13.7. The van der Waals surface area contributed by atoms with E-state index >= 15 is 0 Å². The third-order valence-corrected chi connectivity index (χ3v) is 5.06. The fourth-order valence-electron chi connectivity index (χ4n) is 2.69. The summed E-state index contributed by atoms with van der Waals surface area (Å²) in [7, 11) is 0. The number of nitrogens with zero attached hydrogens (tertiary/aromatic N) is 2. The fourth-order valence-corrected chi connectivity index (χ4v) is 3.72. The molecule has 0 amide bonds. The SMILES string of the molecule is Cc1sc(C(C)N2CCNCC2)nc1-c1ccccc1. The van der Waals surface area contributed by atoms with Crippen molar-refractivity contribution in [2.45, 2.75) is 19.9 Å². The molecule has 3 nitrogen and oxygen atoms in total. The molecule has 2 aromatic rings. The van der Waals surface area contributed by atoms with Gasteiger partial charge >= 0.3 is 0 Å². The third-order valence-electron chi connectivity index (χ3n) is 3.92. The standard InChI is InChI=1S/C16H21N3S/c1-12(19-10-8-17-9-11-19)16-18-15(13(2)20-16)14-6-4-3-5-7-14/h3-7,12,17H,8-11H2,1-2H3. The van der Waals surface area contributed by atoms with Gasteiger partial charge in [-0.2, -0.15) is 0 Å². The van der Waals surface area contributed by atoms with Gasteiger partial charge in [-0.1, -0.05) is 30.3 Å². The lowest BCUT2D eigenvalue weighted by Gasteiger charge is -2.31. The van der Waals surface area contributed by atoms with Crippen LogP contribution in [0.1, 0.15) is 22.9 Å². The predicted octanol–water partition coefficient (Wildman–Crippen LogP) is 3.08. The molecule has 1 atom stereocenters. The van der Waals surface area contributed by atoms with Crippen LogP contribution in [0.5, 0.6) is 0 Å². The van der Waals surface area contributed by atoms with E-state index in [2.05, 4.69) is 54.4 Å². The van der Waals surface area contributed by atoms with Gasteiger partial charge in [-0.25, -0.2) is 4.98 Å². The number of aryl methyl sites for hydroxylation is 1. The minimum Gasteiger partial charge on any atom is -0.314 e. The van der Waals surface area contributed by atoms with Crippen molar-refractivity contribution in [3.8, 4) is 11.3 Å². The highest BCUT2D eigenvalue weighted by Crippen LogP contribution is 2.32. The molecule has 1 aliphatic rings. The Bertz CT molecular complexity index is 558. The Morgan fingerprint density at radius 2 is 1.90 bits per heavy atom. The van der Waals surface area contributed by atoms with E-state index in [4.69, 9.17) is 4.98 Å². The predicted molar refractivity (Wildman–Crippen MR) is 85.1 cm³/mol. The molecular formula is C16H21N3S. The molecule has 0 radical (unpaired) electrons. The van der Waals surface area contributed by atoms with E-state index in [0.717, 1.165) is 31.9 Å². The maximum absolute atomic E-state index is 4.91. The van der Waals surface area contributed by atoms with Crippen molar-refractivity contribution < 1.29 is 0 Å². The van der Waals surface area contributed by atoms with E-state index in [0.29, 0.717) is 6.04 Å². The summed E-state index contributed by atoms with van der Waals surface area (Å²) < 4.78 is 0. The van der Waals surface area contributed by atoms with Crippen molar-refractivity contribution in [3.63, 3.8) is 0 Å². The summed E-state index contributed by atoms with van der Waals surface area (Å²) in [4.78, 5) is 8.74. The summed E-state index contributed by atoms with van der Waals surface area (Å²) in [6, 6.07) is 10.9. The van der Waals surface area contributed by atoms with E-state index < -0.39 is 0 Å². The number of nitrogens with one attached hydrogen (secondary N) is 1. The van der Waals surface area contributed by atoms with Crippen molar-refractivity contribution in [2.75, 3.05) is 26.2 Å². The number of rotatable bonds is 3. The van der Waals surface area contributed by atoms with E-state index in [9.17, 15) is 0 Å². The summed E-state index contributed by atoms with van der Waals surface area (Å²) in [6.07, 6.45) is 0. The van der Waals surface area contributed by atoms with Crippen LogP contribution in [-0.2, 0) is 0 Å². The van der Waals surface area contributed by atoms with Crippen LogP contribution in [-0.4, -0.2) is 36.1 Å². The number of thiazole rings is 1. The largest absolute Gasteiger partial charge is 0.314 e. The Morgan fingerprint density at radius 1 is 1.20 bits per heavy atom. The average Bonchev–Trinajstić information content (AvgIpc) is 2.90. The lowest BCUT2D eigenvalue weighted by atomic mass is 10.1. The third kappa shape index (κ3) is 2.77. The lowest BCUT2D eigenvalue weighted by molar-refractivity contribution is 0.185. The molecule has 1 unspecified atom stereocenters. The van der Waals surface area contributed by atoms with Gasteiger partial charge in [0.1, 0.15) is 5.01 Å². The molecule has 1 aromatic carbocycles. The number of hydrogen-bond acceptors (Lipinski definition) is 4. The van der Waals surface area contributed by atoms with E-state index in [1.807, 2.05) is 11.3 Å². The first-order valence-corrected chi connectivity index (χ1v) is 8.05. The molecule has 0 bridgehead atoms. The molecule has 3 rings (SSSR count). The first-order valence-electron chi connectivity index (χ1n) is 7.23. The zero-order chi connectivity index (χ0) is 13.9. The number of benzene rings is 1.